The van der Waals surface area contributed by atoms with Crippen molar-refractivity contribution in [1.82, 2.24) is 10.2 Å². The van der Waals surface area contributed by atoms with Crippen molar-refractivity contribution in [1.29, 1.82) is 0 Å². The number of hydrogen-bond donors (Lipinski definition) is 2. The molecule has 1 saturated heterocycles. The van der Waals surface area contributed by atoms with E-state index in [-0.39, 0.29) is 0 Å². The second kappa shape index (κ2) is 14.9. The molecule has 2 N–H and O–H groups in total. The summed E-state index contributed by atoms with van der Waals surface area (Å²) in [4.78, 5) is 7.31. The summed E-state index contributed by atoms with van der Waals surface area (Å²) in [5.74, 6) is 2.36. The van der Waals surface area contributed by atoms with Crippen molar-refractivity contribution in [3.63, 3.8) is 0 Å². The van der Waals surface area contributed by atoms with Crippen LogP contribution in [0.25, 0.3) is 0 Å². The van der Waals surface area contributed by atoms with Gasteiger partial charge in [-0.1, -0.05) is 12.8 Å². The van der Waals surface area contributed by atoms with E-state index in [1.807, 2.05) is 18.2 Å². The van der Waals surface area contributed by atoms with Gasteiger partial charge < -0.3 is 34.5 Å². The second-order valence-electron chi connectivity index (χ2n) is 8.21. The number of rotatable bonds is 11. The molecule has 0 atom stereocenters. The fraction of sp³-hybridized carbons (Fsp3) is 0.708. The first kappa shape index (κ1) is 24.6. The fourth-order valence-corrected chi connectivity index (χ4v) is 3.81. The lowest BCUT2D eigenvalue weighted by Crippen LogP contribution is -2.38. The maximum Gasteiger partial charge on any atom is 0.195 e. The Balaban J connectivity index is 1.52. The SMILES string of the molecule is COCCOCCCN=C(NCCN1CCCCCC1)Nc1ccc2c(c1)OCCCO2. The van der Waals surface area contributed by atoms with Gasteiger partial charge in [0.15, 0.2) is 17.5 Å². The highest BCUT2D eigenvalue weighted by Gasteiger charge is 2.12. The van der Waals surface area contributed by atoms with Crippen molar-refractivity contribution in [2.75, 3.05) is 78.2 Å². The molecule has 1 aromatic rings. The molecule has 2 heterocycles. The van der Waals surface area contributed by atoms with E-state index >= 15 is 0 Å². The number of guanidine groups is 1. The summed E-state index contributed by atoms with van der Waals surface area (Å²) in [5, 5.41) is 6.94. The number of nitrogens with zero attached hydrogens (tertiary/aromatic N) is 2. The first-order chi connectivity index (χ1) is 15.8. The molecule has 0 bridgehead atoms. The largest absolute Gasteiger partial charge is 0.490 e. The van der Waals surface area contributed by atoms with Crippen LogP contribution in [0, 0.1) is 0 Å². The Morgan fingerprint density at radius 1 is 1.00 bits per heavy atom. The monoisotopic (exact) mass is 448 g/mol. The van der Waals surface area contributed by atoms with Crippen LogP contribution in [0.5, 0.6) is 11.5 Å². The molecule has 0 unspecified atom stereocenters. The van der Waals surface area contributed by atoms with Gasteiger partial charge >= 0.3 is 0 Å². The fourth-order valence-electron chi connectivity index (χ4n) is 3.81. The maximum absolute atomic E-state index is 5.83. The first-order valence-electron chi connectivity index (χ1n) is 12.1. The predicted octanol–water partition coefficient (Wildman–Crippen LogP) is 3.13. The molecule has 1 fully saturated rings. The Hall–Kier alpha value is -2.03. The summed E-state index contributed by atoms with van der Waals surface area (Å²) in [6.07, 6.45) is 7.08. The molecule has 0 aliphatic carbocycles. The zero-order valence-corrected chi connectivity index (χ0v) is 19.6. The van der Waals surface area contributed by atoms with Gasteiger partial charge in [-0.3, -0.25) is 4.99 Å². The van der Waals surface area contributed by atoms with Crippen LogP contribution in [0.1, 0.15) is 38.5 Å². The topological polar surface area (TPSA) is 76.6 Å². The molecule has 32 heavy (non-hydrogen) atoms. The van der Waals surface area contributed by atoms with Crippen LogP contribution in [-0.4, -0.2) is 83.7 Å². The molecule has 2 aliphatic rings. The molecular weight excluding hydrogens is 408 g/mol. The van der Waals surface area contributed by atoms with Gasteiger partial charge in [0, 0.05) is 51.5 Å². The third kappa shape index (κ3) is 9.22. The zero-order chi connectivity index (χ0) is 22.3. The highest BCUT2D eigenvalue weighted by atomic mass is 16.5. The predicted molar refractivity (Wildman–Crippen MR) is 128 cm³/mol. The van der Waals surface area contributed by atoms with Crippen molar-refractivity contribution in [2.45, 2.75) is 38.5 Å². The molecular formula is C24H40N4O4. The van der Waals surface area contributed by atoms with Gasteiger partial charge in [0.1, 0.15) is 0 Å². The molecule has 3 rings (SSSR count). The van der Waals surface area contributed by atoms with Gasteiger partial charge in [0.25, 0.3) is 0 Å². The average molecular weight is 449 g/mol. The standard InChI is InChI=1S/C24H40N4O4/c1-29-18-19-30-15-6-10-25-24(26-11-14-28-12-4-2-3-5-13-28)27-21-8-9-22-23(20-21)32-17-7-16-31-22/h8-9,20H,2-7,10-19H2,1H3,(H2,25,26,27). The highest BCUT2D eigenvalue weighted by Crippen LogP contribution is 2.32. The van der Waals surface area contributed by atoms with Crippen molar-refractivity contribution in [2.24, 2.45) is 4.99 Å². The molecule has 8 nitrogen and oxygen atoms in total. The van der Waals surface area contributed by atoms with Gasteiger partial charge in [-0.25, -0.2) is 0 Å². The van der Waals surface area contributed by atoms with Crippen LogP contribution >= 0.6 is 0 Å². The van der Waals surface area contributed by atoms with Crippen LogP contribution in [0.15, 0.2) is 23.2 Å². The van der Waals surface area contributed by atoms with Crippen molar-refractivity contribution in [3.05, 3.63) is 18.2 Å². The Kier molecular flexibility index (Phi) is 11.5. The molecule has 180 valence electrons. The van der Waals surface area contributed by atoms with Gasteiger partial charge in [0.2, 0.25) is 0 Å². The molecule has 1 aromatic carbocycles. The van der Waals surface area contributed by atoms with E-state index < -0.39 is 0 Å². The van der Waals surface area contributed by atoms with Crippen LogP contribution in [0.2, 0.25) is 0 Å². The maximum atomic E-state index is 5.83. The number of benzene rings is 1. The van der Waals surface area contributed by atoms with Crippen LogP contribution in [-0.2, 0) is 9.47 Å². The third-order valence-electron chi connectivity index (χ3n) is 5.58. The quantitative estimate of drug-likeness (QED) is 0.306. The zero-order valence-electron chi connectivity index (χ0n) is 19.6. The Morgan fingerprint density at radius 2 is 1.81 bits per heavy atom. The van der Waals surface area contributed by atoms with E-state index in [1.54, 1.807) is 7.11 Å². The van der Waals surface area contributed by atoms with Crippen LogP contribution in [0.3, 0.4) is 0 Å². The van der Waals surface area contributed by atoms with Gasteiger partial charge in [0.05, 0.1) is 26.4 Å². The van der Waals surface area contributed by atoms with Crippen molar-refractivity contribution < 1.29 is 18.9 Å². The number of likely N-dealkylation sites (tertiary alicyclic amines) is 1. The summed E-state index contributed by atoms with van der Waals surface area (Å²) in [7, 11) is 1.68. The number of fused-ring (bicyclic) bond motifs is 1. The van der Waals surface area contributed by atoms with Gasteiger partial charge in [-0.05, 0) is 44.5 Å². The summed E-state index contributed by atoms with van der Waals surface area (Å²) in [6.45, 7) is 8.27. The van der Waals surface area contributed by atoms with Crippen molar-refractivity contribution in [3.8, 4) is 11.5 Å². The summed E-state index contributed by atoms with van der Waals surface area (Å²) >= 11 is 0. The van der Waals surface area contributed by atoms with Crippen molar-refractivity contribution >= 4 is 11.6 Å². The minimum absolute atomic E-state index is 0.622. The lowest BCUT2D eigenvalue weighted by atomic mass is 10.2. The second-order valence-corrected chi connectivity index (χ2v) is 8.21. The van der Waals surface area contributed by atoms with Gasteiger partial charge in [-0.2, -0.15) is 0 Å². The average Bonchev–Trinajstić information content (AvgIpc) is 3.21. The lowest BCUT2D eigenvalue weighted by molar-refractivity contribution is 0.0702. The number of anilines is 1. The van der Waals surface area contributed by atoms with Crippen LogP contribution < -0.4 is 20.1 Å². The molecule has 0 radical (unpaired) electrons. The van der Waals surface area contributed by atoms with Crippen LogP contribution in [0.4, 0.5) is 5.69 Å². The molecule has 0 amide bonds. The number of nitrogens with one attached hydrogen (secondary N) is 2. The van der Waals surface area contributed by atoms with E-state index in [2.05, 4.69) is 15.5 Å². The van der Waals surface area contributed by atoms with E-state index in [0.717, 1.165) is 49.1 Å². The molecule has 0 saturated carbocycles. The summed E-state index contributed by atoms with van der Waals surface area (Å²) in [5.41, 5.74) is 0.937. The Labute approximate surface area is 192 Å². The molecule has 8 heteroatoms. The number of ether oxygens (including phenoxy) is 4. The van der Waals surface area contributed by atoms with E-state index in [9.17, 15) is 0 Å². The summed E-state index contributed by atoms with van der Waals surface area (Å²) < 4.78 is 22.1. The molecule has 0 spiro atoms. The number of methoxy groups -OCH3 is 1. The Bertz CT molecular complexity index is 678. The smallest absolute Gasteiger partial charge is 0.195 e. The minimum Gasteiger partial charge on any atom is -0.490 e. The van der Waals surface area contributed by atoms with E-state index in [0.29, 0.717) is 39.6 Å². The number of hydrogen-bond acceptors (Lipinski definition) is 6. The van der Waals surface area contributed by atoms with E-state index in [4.69, 9.17) is 23.9 Å². The highest BCUT2D eigenvalue weighted by molar-refractivity contribution is 5.94. The molecule has 0 aromatic heterocycles. The first-order valence-corrected chi connectivity index (χ1v) is 12.1. The normalized spacial score (nSPS) is 17.5. The third-order valence-corrected chi connectivity index (χ3v) is 5.58. The molecule has 2 aliphatic heterocycles. The minimum atomic E-state index is 0.622. The van der Waals surface area contributed by atoms with E-state index in [1.165, 1.54) is 38.8 Å². The number of aliphatic imine (C=N–C) groups is 1. The van der Waals surface area contributed by atoms with Gasteiger partial charge in [-0.15, -0.1) is 0 Å². The Morgan fingerprint density at radius 3 is 2.62 bits per heavy atom. The lowest BCUT2D eigenvalue weighted by Gasteiger charge is -2.21. The summed E-state index contributed by atoms with van der Waals surface area (Å²) in [6, 6.07) is 5.95.